The first-order valence-corrected chi connectivity index (χ1v) is 5.85. The zero-order valence-corrected chi connectivity index (χ0v) is 10.3. The Balaban J connectivity index is 4.28. The molecular weight excluding hydrogens is 174 g/mol. The molecule has 0 saturated heterocycles. The maximum Gasteiger partial charge on any atom is 0.225 e. The van der Waals surface area contributed by atoms with E-state index in [1.807, 2.05) is 18.7 Å². The predicted molar refractivity (Wildman–Crippen MR) is 61.2 cm³/mol. The smallest absolute Gasteiger partial charge is 0.225 e. The maximum absolute atomic E-state index is 12.0. The van der Waals surface area contributed by atoms with Crippen LogP contribution in [0.5, 0.6) is 0 Å². The summed E-state index contributed by atoms with van der Waals surface area (Å²) < 4.78 is 0. The largest absolute Gasteiger partial charge is 0.343 e. The predicted octanol–water partition coefficient (Wildman–Crippen LogP) is 2.93. The van der Waals surface area contributed by atoms with E-state index < -0.39 is 0 Å². The Morgan fingerprint density at radius 3 is 1.93 bits per heavy atom. The van der Waals surface area contributed by atoms with Crippen LogP contribution in [-0.4, -0.2) is 23.9 Å². The SMILES string of the molecule is CCC(CC(C)C)C(=O)N(CC)CC. The van der Waals surface area contributed by atoms with Gasteiger partial charge in [0, 0.05) is 19.0 Å². The Hall–Kier alpha value is -0.530. The van der Waals surface area contributed by atoms with Gasteiger partial charge in [0.05, 0.1) is 0 Å². The summed E-state index contributed by atoms with van der Waals surface area (Å²) in [7, 11) is 0. The molecule has 0 fully saturated rings. The van der Waals surface area contributed by atoms with E-state index in [-0.39, 0.29) is 5.92 Å². The number of hydrogen-bond acceptors (Lipinski definition) is 1. The fourth-order valence-electron chi connectivity index (χ4n) is 1.80. The van der Waals surface area contributed by atoms with Crippen molar-refractivity contribution in [2.24, 2.45) is 11.8 Å². The molecule has 0 aromatic rings. The van der Waals surface area contributed by atoms with Crippen LogP contribution in [0.4, 0.5) is 0 Å². The van der Waals surface area contributed by atoms with Crippen LogP contribution in [0.15, 0.2) is 0 Å². The average molecular weight is 199 g/mol. The van der Waals surface area contributed by atoms with Gasteiger partial charge >= 0.3 is 0 Å². The van der Waals surface area contributed by atoms with Crippen molar-refractivity contribution in [1.82, 2.24) is 4.90 Å². The number of hydrogen-bond donors (Lipinski definition) is 0. The molecule has 0 aliphatic heterocycles. The van der Waals surface area contributed by atoms with Gasteiger partial charge in [0.2, 0.25) is 5.91 Å². The third-order valence-electron chi connectivity index (χ3n) is 2.67. The molecule has 0 heterocycles. The summed E-state index contributed by atoms with van der Waals surface area (Å²) >= 11 is 0. The Morgan fingerprint density at radius 1 is 1.14 bits per heavy atom. The zero-order chi connectivity index (χ0) is 11.1. The molecule has 0 aromatic carbocycles. The van der Waals surface area contributed by atoms with E-state index in [1.54, 1.807) is 0 Å². The third kappa shape index (κ3) is 4.12. The highest BCUT2D eigenvalue weighted by molar-refractivity contribution is 5.78. The van der Waals surface area contributed by atoms with Gasteiger partial charge < -0.3 is 4.90 Å². The van der Waals surface area contributed by atoms with Crippen LogP contribution in [0.25, 0.3) is 0 Å². The molecule has 1 atom stereocenters. The lowest BCUT2D eigenvalue weighted by Crippen LogP contribution is -2.36. The number of nitrogens with zero attached hydrogens (tertiary/aromatic N) is 1. The first-order valence-electron chi connectivity index (χ1n) is 5.85. The minimum absolute atomic E-state index is 0.231. The topological polar surface area (TPSA) is 20.3 Å². The van der Waals surface area contributed by atoms with Crippen LogP contribution < -0.4 is 0 Å². The minimum atomic E-state index is 0.231. The summed E-state index contributed by atoms with van der Waals surface area (Å²) in [6, 6.07) is 0. The van der Waals surface area contributed by atoms with Gasteiger partial charge in [-0.05, 0) is 32.6 Å². The van der Waals surface area contributed by atoms with Gasteiger partial charge in [-0.25, -0.2) is 0 Å². The Morgan fingerprint density at radius 2 is 1.64 bits per heavy atom. The van der Waals surface area contributed by atoms with E-state index in [2.05, 4.69) is 20.8 Å². The van der Waals surface area contributed by atoms with Crippen LogP contribution in [-0.2, 0) is 4.79 Å². The monoisotopic (exact) mass is 199 g/mol. The molecule has 0 radical (unpaired) electrons. The fraction of sp³-hybridized carbons (Fsp3) is 0.917. The van der Waals surface area contributed by atoms with Crippen LogP contribution in [0, 0.1) is 11.8 Å². The normalized spacial score (nSPS) is 13.0. The quantitative estimate of drug-likeness (QED) is 0.644. The highest BCUT2D eigenvalue weighted by Crippen LogP contribution is 2.17. The number of carbonyl (C=O) groups excluding carboxylic acids is 1. The van der Waals surface area contributed by atoms with Crippen molar-refractivity contribution < 1.29 is 4.79 Å². The second-order valence-electron chi connectivity index (χ2n) is 4.25. The molecule has 0 aliphatic carbocycles. The molecule has 0 bridgehead atoms. The van der Waals surface area contributed by atoms with Gasteiger partial charge in [0.1, 0.15) is 0 Å². The molecule has 0 spiro atoms. The molecular formula is C12H25NO. The van der Waals surface area contributed by atoms with Gasteiger partial charge in [0.15, 0.2) is 0 Å². The first-order chi connectivity index (χ1) is 6.56. The molecule has 0 N–H and O–H groups in total. The molecule has 1 unspecified atom stereocenters. The second kappa shape index (κ2) is 6.86. The van der Waals surface area contributed by atoms with Crippen molar-refractivity contribution >= 4 is 5.91 Å². The zero-order valence-electron chi connectivity index (χ0n) is 10.3. The summed E-state index contributed by atoms with van der Waals surface area (Å²) in [4.78, 5) is 13.9. The highest BCUT2D eigenvalue weighted by atomic mass is 16.2. The average Bonchev–Trinajstić information content (AvgIpc) is 2.15. The summed E-state index contributed by atoms with van der Waals surface area (Å²) in [5.74, 6) is 1.18. The van der Waals surface area contributed by atoms with Crippen LogP contribution in [0.2, 0.25) is 0 Å². The minimum Gasteiger partial charge on any atom is -0.343 e. The fourth-order valence-corrected chi connectivity index (χ4v) is 1.80. The highest BCUT2D eigenvalue weighted by Gasteiger charge is 2.21. The summed E-state index contributed by atoms with van der Waals surface area (Å²) in [6.07, 6.45) is 1.99. The first kappa shape index (κ1) is 13.5. The summed E-state index contributed by atoms with van der Waals surface area (Å²) in [5.41, 5.74) is 0. The van der Waals surface area contributed by atoms with Gasteiger partial charge in [-0.1, -0.05) is 20.8 Å². The molecule has 1 amide bonds. The van der Waals surface area contributed by atoms with Crippen molar-refractivity contribution in [2.75, 3.05) is 13.1 Å². The third-order valence-corrected chi connectivity index (χ3v) is 2.67. The summed E-state index contributed by atoms with van der Waals surface area (Å²) in [6.45, 7) is 12.2. The Kier molecular flexibility index (Phi) is 6.60. The number of amides is 1. The van der Waals surface area contributed by atoms with Crippen LogP contribution in [0.3, 0.4) is 0 Å². The standard InChI is InChI=1S/C12H25NO/c1-6-11(9-10(4)5)12(14)13(7-2)8-3/h10-11H,6-9H2,1-5H3. The van der Waals surface area contributed by atoms with Gasteiger partial charge in [-0.15, -0.1) is 0 Å². The van der Waals surface area contributed by atoms with Gasteiger partial charge in [-0.2, -0.15) is 0 Å². The van der Waals surface area contributed by atoms with Gasteiger partial charge in [-0.3, -0.25) is 4.79 Å². The van der Waals surface area contributed by atoms with E-state index >= 15 is 0 Å². The molecule has 0 aliphatic rings. The van der Waals surface area contributed by atoms with E-state index in [1.165, 1.54) is 0 Å². The van der Waals surface area contributed by atoms with Gasteiger partial charge in [0.25, 0.3) is 0 Å². The molecule has 14 heavy (non-hydrogen) atoms. The maximum atomic E-state index is 12.0. The number of carbonyl (C=O) groups is 1. The van der Waals surface area contributed by atoms with E-state index in [0.717, 1.165) is 25.9 Å². The van der Waals surface area contributed by atoms with E-state index in [4.69, 9.17) is 0 Å². The molecule has 0 saturated carbocycles. The molecule has 2 heteroatoms. The van der Waals surface area contributed by atoms with Crippen molar-refractivity contribution in [3.05, 3.63) is 0 Å². The molecule has 0 aromatic heterocycles. The Labute approximate surface area is 88.7 Å². The van der Waals surface area contributed by atoms with Crippen molar-refractivity contribution in [3.8, 4) is 0 Å². The van der Waals surface area contributed by atoms with Crippen molar-refractivity contribution in [1.29, 1.82) is 0 Å². The molecule has 84 valence electrons. The van der Waals surface area contributed by atoms with Crippen molar-refractivity contribution in [2.45, 2.75) is 47.5 Å². The lowest BCUT2D eigenvalue weighted by Gasteiger charge is -2.25. The van der Waals surface area contributed by atoms with Crippen molar-refractivity contribution in [3.63, 3.8) is 0 Å². The van der Waals surface area contributed by atoms with E-state index in [0.29, 0.717) is 11.8 Å². The van der Waals surface area contributed by atoms with Crippen LogP contribution in [0.1, 0.15) is 47.5 Å². The summed E-state index contributed by atoms with van der Waals surface area (Å²) in [5, 5.41) is 0. The molecule has 0 rings (SSSR count). The van der Waals surface area contributed by atoms with E-state index in [9.17, 15) is 4.79 Å². The Bertz CT molecular complexity index is 162. The lowest BCUT2D eigenvalue weighted by atomic mass is 9.93. The number of rotatable bonds is 6. The second-order valence-corrected chi connectivity index (χ2v) is 4.25. The molecule has 2 nitrogen and oxygen atoms in total. The van der Waals surface area contributed by atoms with Crippen LogP contribution >= 0.6 is 0 Å². The lowest BCUT2D eigenvalue weighted by molar-refractivity contribution is -0.135.